The number of nitrogens with two attached hydrogens (primary N) is 1. The lowest BCUT2D eigenvalue weighted by Crippen LogP contribution is -2.02. The highest BCUT2D eigenvalue weighted by Crippen LogP contribution is 2.34. The summed E-state index contributed by atoms with van der Waals surface area (Å²) in [6, 6.07) is 12.0. The zero-order valence-electron chi connectivity index (χ0n) is 10.9. The number of hydrogen-bond acceptors (Lipinski definition) is 2. The second kappa shape index (κ2) is 5.11. The topological polar surface area (TPSA) is 49.8 Å². The van der Waals surface area contributed by atoms with Crippen LogP contribution in [-0.4, -0.2) is 0 Å². The quantitative estimate of drug-likeness (QED) is 0.821. The third-order valence-corrected chi connectivity index (χ3v) is 3.12. The molecule has 2 N–H and O–H groups in total. The molecule has 0 aromatic heterocycles. The number of anilines is 1. The molecule has 2 aromatic carbocycles. The van der Waals surface area contributed by atoms with Crippen LogP contribution >= 0.6 is 0 Å². The number of hydrogen-bond donors (Lipinski definition) is 1. The van der Waals surface area contributed by atoms with E-state index in [1.165, 1.54) is 12.1 Å². The minimum atomic E-state index is -0.299. The maximum Gasteiger partial charge on any atom is 0.123 e. The minimum Gasteiger partial charge on any atom is -0.398 e. The zero-order valence-corrected chi connectivity index (χ0v) is 10.9. The van der Waals surface area contributed by atoms with Gasteiger partial charge in [-0.15, -0.1) is 0 Å². The van der Waals surface area contributed by atoms with Crippen molar-refractivity contribution < 1.29 is 4.39 Å². The van der Waals surface area contributed by atoms with E-state index in [1.54, 1.807) is 18.2 Å². The molecule has 19 heavy (non-hydrogen) atoms. The van der Waals surface area contributed by atoms with E-state index in [2.05, 4.69) is 6.07 Å². The van der Waals surface area contributed by atoms with Crippen molar-refractivity contribution in [2.45, 2.75) is 19.8 Å². The van der Waals surface area contributed by atoms with E-state index in [1.807, 2.05) is 19.9 Å². The van der Waals surface area contributed by atoms with Crippen LogP contribution in [0.4, 0.5) is 10.1 Å². The van der Waals surface area contributed by atoms with Gasteiger partial charge in [0.2, 0.25) is 0 Å². The summed E-state index contributed by atoms with van der Waals surface area (Å²) in [5, 5.41) is 9.13. The molecule has 0 aliphatic rings. The summed E-state index contributed by atoms with van der Waals surface area (Å²) in [5.41, 5.74) is 9.62. The highest BCUT2D eigenvalue weighted by atomic mass is 19.1. The summed E-state index contributed by atoms with van der Waals surface area (Å²) >= 11 is 0. The molecule has 0 radical (unpaired) electrons. The molecule has 3 heteroatoms. The van der Waals surface area contributed by atoms with Crippen molar-refractivity contribution in [1.29, 1.82) is 5.26 Å². The molecule has 0 heterocycles. The lowest BCUT2D eigenvalue weighted by molar-refractivity contribution is 0.628. The van der Waals surface area contributed by atoms with Gasteiger partial charge in [0, 0.05) is 11.3 Å². The first-order valence-electron chi connectivity index (χ1n) is 6.13. The SMILES string of the molecule is CC(C)c1c(C#N)ccc(-c2cccc(F)c2)c1N. The van der Waals surface area contributed by atoms with Crippen LogP contribution in [-0.2, 0) is 0 Å². The van der Waals surface area contributed by atoms with Crippen molar-refractivity contribution in [3.05, 3.63) is 53.3 Å². The molecule has 0 saturated heterocycles. The zero-order chi connectivity index (χ0) is 14.0. The molecule has 0 fully saturated rings. The van der Waals surface area contributed by atoms with Crippen molar-refractivity contribution in [3.8, 4) is 17.2 Å². The number of nitrogen functional groups attached to an aromatic ring is 1. The van der Waals surface area contributed by atoms with E-state index in [4.69, 9.17) is 11.0 Å². The number of halogens is 1. The maximum absolute atomic E-state index is 13.3. The normalized spacial score (nSPS) is 10.5. The summed E-state index contributed by atoms with van der Waals surface area (Å²) < 4.78 is 13.3. The van der Waals surface area contributed by atoms with Crippen LogP contribution in [0.2, 0.25) is 0 Å². The fourth-order valence-electron chi connectivity index (χ4n) is 2.26. The summed E-state index contributed by atoms with van der Waals surface area (Å²) in [6.45, 7) is 3.98. The lowest BCUT2D eigenvalue weighted by atomic mass is 9.91. The van der Waals surface area contributed by atoms with Gasteiger partial charge in [-0.1, -0.05) is 32.0 Å². The van der Waals surface area contributed by atoms with Crippen molar-refractivity contribution in [1.82, 2.24) is 0 Å². The average Bonchev–Trinajstić information content (AvgIpc) is 2.37. The van der Waals surface area contributed by atoms with Crippen molar-refractivity contribution >= 4 is 5.69 Å². The summed E-state index contributed by atoms with van der Waals surface area (Å²) in [4.78, 5) is 0. The second-order valence-corrected chi connectivity index (χ2v) is 4.76. The van der Waals surface area contributed by atoms with Gasteiger partial charge in [0.1, 0.15) is 5.82 Å². The van der Waals surface area contributed by atoms with E-state index in [-0.39, 0.29) is 11.7 Å². The summed E-state index contributed by atoms with van der Waals surface area (Å²) in [5.74, 6) is -0.157. The summed E-state index contributed by atoms with van der Waals surface area (Å²) in [7, 11) is 0. The van der Waals surface area contributed by atoms with E-state index in [0.717, 1.165) is 16.7 Å². The van der Waals surface area contributed by atoms with Gasteiger partial charge >= 0.3 is 0 Å². The van der Waals surface area contributed by atoms with Gasteiger partial charge in [0.15, 0.2) is 0 Å². The Morgan fingerprint density at radius 1 is 1.21 bits per heavy atom. The van der Waals surface area contributed by atoms with Crippen LogP contribution in [0.5, 0.6) is 0 Å². The van der Waals surface area contributed by atoms with Gasteiger partial charge in [0.05, 0.1) is 11.6 Å². The maximum atomic E-state index is 13.3. The molecular formula is C16H15FN2. The number of rotatable bonds is 2. The van der Waals surface area contributed by atoms with Crippen LogP contribution in [0, 0.1) is 17.1 Å². The Bertz CT molecular complexity index is 654. The second-order valence-electron chi connectivity index (χ2n) is 4.76. The number of nitrogens with zero attached hydrogens (tertiary/aromatic N) is 1. The predicted molar refractivity (Wildman–Crippen MR) is 75.1 cm³/mol. The fraction of sp³-hybridized carbons (Fsp3) is 0.188. The molecule has 96 valence electrons. The van der Waals surface area contributed by atoms with E-state index in [0.29, 0.717) is 11.3 Å². The highest BCUT2D eigenvalue weighted by molar-refractivity contribution is 5.80. The Kier molecular flexibility index (Phi) is 3.52. The van der Waals surface area contributed by atoms with Crippen LogP contribution in [0.3, 0.4) is 0 Å². The first kappa shape index (κ1) is 13.1. The molecule has 2 rings (SSSR count). The molecule has 0 amide bonds. The number of nitriles is 1. The van der Waals surface area contributed by atoms with Crippen LogP contribution < -0.4 is 5.73 Å². The van der Waals surface area contributed by atoms with Gasteiger partial charge in [-0.25, -0.2) is 4.39 Å². The molecule has 2 nitrogen and oxygen atoms in total. The van der Waals surface area contributed by atoms with Crippen LogP contribution in [0.15, 0.2) is 36.4 Å². The van der Waals surface area contributed by atoms with E-state index < -0.39 is 0 Å². The van der Waals surface area contributed by atoms with E-state index in [9.17, 15) is 4.39 Å². The third kappa shape index (κ3) is 2.43. The van der Waals surface area contributed by atoms with E-state index >= 15 is 0 Å². The van der Waals surface area contributed by atoms with Gasteiger partial charge in [-0.3, -0.25) is 0 Å². The molecule has 0 unspecified atom stereocenters. The number of benzene rings is 2. The first-order valence-corrected chi connectivity index (χ1v) is 6.13. The molecule has 0 aliphatic carbocycles. The van der Waals surface area contributed by atoms with Gasteiger partial charge in [0.25, 0.3) is 0 Å². The molecule has 2 aromatic rings. The van der Waals surface area contributed by atoms with Crippen LogP contribution in [0.25, 0.3) is 11.1 Å². The largest absolute Gasteiger partial charge is 0.398 e. The Balaban J connectivity index is 2.67. The van der Waals surface area contributed by atoms with Crippen molar-refractivity contribution in [2.24, 2.45) is 0 Å². The Morgan fingerprint density at radius 2 is 1.95 bits per heavy atom. The molecule has 0 saturated carbocycles. The van der Waals surface area contributed by atoms with Gasteiger partial charge in [-0.2, -0.15) is 5.26 Å². The third-order valence-electron chi connectivity index (χ3n) is 3.12. The Morgan fingerprint density at radius 3 is 2.53 bits per heavy atom. The lowest BCUT2D eigenvalue weighted by Gasteiger charge is -2.15. The summed E-state index contributed by atoms with van der Waals surface area (Å²) in [6.07, 6.45) is 0. The fourth-order valence-corrected chi connectivity index (χ4v) is 2.26. The molecule has 0 atom stereocenters. The minimum absolute atomic E-state index is 0.142. The molecule has 0 aliphatic heterocycles. The average molecular weight is 254 g/mol. The van der Waals surface area contributed by atoms with Gasteiger partial charge in [-0.05, 0) is 35.2 Å². The molecule has 0 bridgehead atoms. The Hall–Kier alpha value is -2.34. The standard InChI is InChI=1S/C16H15FN2/c1-10(2)15-12(9-18)6-7-14(16(15)19)11-4-3-5-13(17)8-11/h3-8,10H,19H2,1-2H3. The van der Waals surface area contributed by atoms with Gasteiger partial charge < -0.3 is 5.73 Å². The smallest absolute Gasteiger partial charge is 0.123 e. The van der Waals surface area contributed by atoms with Crippen molar-refractivity contribution in [2.75, 3.05) is 5.73 Å². The monoisotopic (exact) mass is 254 g/mol. The Labute approximate surface area is 112 Å². The van der Waals surface area contributed by atoms with Crippen molar-refractivity contribution in [3.63, 3.8) is 0 Å². The van der Waals surface area contributed by atoms with Crippen LogP contribution in [0.1, 0.15) is 30.9 Å². The first-order chi connectivity index (χ1) is 9.04. The predicted octanol–water partition coefficient (Wildman–Crippen LogP) is 4.07. The molecular weight excluding hydrogens is 239 g/mol. The highest BCUT2D eigenvalue weighted by Gasteiger charge is 2.15. The molecule has 0 spiro atoms.